The Morgan fingerprint density at radius 3 is 2.76 bits per heavy atom. The van der Waals surface area contributed by atoms with E-state index in [0.717, 1.165) is 0 Å². The molecular weight excluding hydrogens is 300 g/mol. The maximum Gasteiger partial charge on any atom is 0.357 e. The number of ether oxygens (including phenoxy) is 3. The van der Waals surface area contributed by atoms with Crippen molar-refractivity contribution in [3.05, 3.63) is 11.3 Å². The van der Waals surface area contributed by atoms with E-state index in [1.54, 1.807) is 0 Å². The van der Waals surface area contributed by atoms with Gasteiger partial charge in [-0.1, -0.05) is 0 Å². The first kappa shape index (κ1) is 15.8. The monoisotopic (exact) mass is 316 g/mol. The first-order valence-corrected chi connectivity index (χ1v) is 7.24. The lowest BCUT2D eigenvalue weighted by Crippen LogP contribution is -2.68. The van der Waals surface area contributed by atoms with Crippen LogP contribution in [0, 0.1) is 0 Å². The van der Waals surface area contributed by atoms with E-state index in [4.69, 9.17) is 15.2 Å². The highest BCUT2D eigenvalue weighted by atomic mass is 32.2. The average molecular weight is 316 g/mol. The largest absolute Gasteiger partial charge is 0.461 e. The van der Waals surface area contributed by atoms with Crippen LogP contribution in [0.15, 0.2) is 11.3 Å². The second kappa shape index (κ2) is 6.46. The molecule has 0 aliphatic carbocycles. The summed E-state index contributed by atoms with van der Waals surface area (Å²) in [7, 11) is 1.38. The maximum absolute atomic E-state index is 12.1. The molecule has 0 radical (unpaired) electrons. The van der Waals surface area contributed by atoms with Gasteiger partial charge in [-0.3, -0.25) is 14.5 Å². The van der Waals surface area contributed by atoms with Gasteiger partial charge in [-0.25, -0.2) is 4.79 Å². The number of nitrogens with zero attached hydrogens (tertiary/aromatic N) is 1. The van der Waals surface area contributed by atoms with Gasteiger partial charge >= 0.3 is 11.9 Å². The smallest absolute Gasteiger partial charge is 0.357 e. The third-order valence-corrected chi connectivity index (χ3v) is 4.40. The van der Waals surface area contributed by atoms with Crippen LogP contribution < -0.4 is 5.73 Å². The van der Waals surface area contributed by atoms with Gasteiger partial charge in [0.2, 0.25) is 5.91 Å². The van der Waals surface area contributed by atoms with E-state index in [1.165, 1.54) is 30.7 Å². The molecule has 0 bridgehead atoms. The number of rotatable bonds is 5. The van der Waals surface area contributed by atoms with Crippen molar-refractivity contribution in [2.45, 2.75) is 18.3 Å². The fourth-order valence-electron chi connectivity index (χ4n) is 2.05. The van der Waals surface area contributed by atoms with Crippen LogP contribution in [0.1, 0.15) is 6.92 Å². The summed E-state index contributed by atoms with van der Waals surface area (Å²) in [4.78, 5) is 36.2. The topological polar surface area (TPSA) is 108 Å². The number of fused-ring (bicyclic) bond motifs is 1. The molecule has 2 heterocycles. The van der Waals surface area contributed by atoms with E-state index in [0.29, 0.717) is 11.3 Å². The molecule has 2 rings (SSSR count). The minimum Gasteiger partial charge on any atom is -0.461 e. The van der Waals surface area contributed by atoms with Crippen LogP contribution >= 0.6 is 11.8 Å². The molecule has 1 fully saturated rings. The quantitative estimate of drug-likeness (QED) is 0.399. The van der Waals surface area contributed by atoms with Gasteiger partial charge in [-0.2, -0.15) is 0 Å². The van der Waals surface area contributed by atoms with Crippen LogP contribution in [0.5, 0.6) is 0 Å². The third-order valence-electron chi connectivity index (χ3n) is 3.04. The summed E-state index contributed by atoms with van der Waals surface area (Å²) in [5.41, 5.74) is 6.33. The second-order valence-electron chi connectivity index (χ2n) is 4.51. The number of thioether (sulfide) groups is 1. The molecular formula is C12H16N2O6S. The lowest BCUT2D eigenvalue weighted by Gasteiger charge is -2.48. The molecule has 2 atom stereocenters. The molecule has 1 saturated heterocycles. The number of esters is 2. The number of carbonyl (C=O) groups is 3. The first-order chi connectivity index (χ1) is 9.97. The van der Waals surface area contributed by atoms with Crippen LogP contribution in [0.3, 0.4) is 0 Å². The van der Waals surface area contributed by atoms with Crippen LogP contribution in [0.25, 0.3) is 0 Å². The Morgan fingerprint density at radius 2 is 2.14 bits per heavy atom. The Balaban J connectivity index is 2.24. The number of hydrogen-bond donors (Lipinski definition) is 1. The summed E-state index contributed by atoms with van der Waals surface area (Å²) in [5, 5.41) is -0.288. The number of nitrogens with two attached hydrogens (primary N) is 1. The van der Waals surface area contributed by atoms with E-state index in [2.05, 4.69) is 4.74 Å². The summed E-state index contributed by atoms with van der Waals surface area (Å²) in [6, 6.07) is -0.629. The summed E-state index contributed by atoms with van der Waals surface area (Å²) < 4.78 is 14.5. The second-order valence-corrected chi connectivity index (χ2v) is 5.61. The van der Waals surface area contributed by atoms with Gasteiger partial charge in [0.25, 0.3) is 0 Å². The minimum absolute atomic E-state index is 0.0640. The van der Waals surface area contributed by atoms with Gasteiger partial charge in [-0.15, -0.1) is 11.8 Å². The van der Waals surface area contributed by atoms with Gasteiger partial charge < -0.3 is 19.9 Å². The number of hydrogen-bond acceptors (Lipinski definition) is 8. The molecule has 21 heavy (non-hydrogen) atoms. The number of amides is 1. The molecule has 0 aromatic heterocycles. The molecule has 0 aromatic rings. The Hall–Kier alpha value is -1.58. The number of carbonyl (C=O) groups excluding carboxylic acids is 3. The lowest BCUT2D eigenvalue weighted by molar-refractivity contribution is -0.157. The molecule has 116 valence electrons. The minimum atomic E-state index is -0.690. The maximum atomic E-state index is 12.1. The van der Waals surface area contributed by atoms with E-state index in [9.17, 15) is 14.4 Å². The fraction of sp³-hybridized carbons (Fsp3) is 0.583. The SMILES string of the molecule is COCOC(=O)C1=C(COC(C)=O)CS[C@@H]2[C@H](N)C(=O)N12. The highest BCUT2D eigenvalue weighted by Gasteiger charge is 2.52. The summed E-state index contributed by atoms with van der Waals surface area (Å²) in [5.74, 6) is -1.07. The molecule has 0 aromatic carbocycles. The molecule has 8 nitrogen and oxygen atoms in total. The van der Waals surface area contributed by atoms with Crippen molar-refractivity contribution < 1.29 is 28.6 Å². The Labute approximate surface area is 125 Å². The average Bonchev–Trinajstić information content (AvgIpc) is 2.48. The predicted octanol–water partition coefficient (Wildman–Crippen LogP) is -0.807. The number of β-lactam (4-membered cyclic amide) rings is 1. The van der Waals surface area contributed by atoms with Crippen molar-refractivity contribution >= 4 is 29.6 Å². The highest BCUT2D eigenvalue weighted by Crippen LogP contribution is 2.39. The van der Waals surface area contributed by atoms with E-state index in [-0.39, 0.29) is 30.4 Å². The lowest BCUT2D eigenvalue weighted by atomic mass is 10.0. The molecule has 2 N–H and O–H groups in total. The van der Waals surface area contributed by atoms with Crippen LogP contribution in [-0.4, -0.2) is 60.4 Å². The van der Waals surface area contributed by atoms with E-state index >= 15 is 0 Å². The Bertz CT molecular complexity index is 506. The van der Waals surface area contributed by atoms with Crippen LogP contribution in [0.2, 0.25) is 0 Å². The van der Waals surface area contributed by atoms with Crippen LogP contribution in [0.4, 0.5) is 0 Å². The van der Waals surface area contributed by atoms with Gasteiger partial charge in [0.15, 0.2) is 6.79 Å². The zero-order chi connectivity index (χ0) is 15.6. The molecule has 0 saturated carbocycles. The Morgan fingerprint density at radius 1 is 1.43 bits per heavy atom. The molecule has 0 spiro atoms. The van der Waals surface area contributed by atoms with Gasteiger partial charge in [0.05, 0.1) is 0 Å². The predicted molar refractivity (Wildman–Crippen MR) is 72.7 cm³/mol. The van der Waals surface area contributed by atoms with Gasteiger partial charge in [0.1, 0.15) is 23.7 Å². The third kappa shape index (κ3) is 3.04. The van der Waals surface area contributed by atoms with Gasteiger partial charge in [-0.05, 0) is 0 Å². The molecule has 9 heteroatoms. The van der Waals surface area contributed by atoms with Crippen molar-refractivity contribution in [3.8, 4) is 0 Å². The molecule has 0 unspecified atom stereocenters. The molecule has 2 aliphatic rings. The normalized spacial score (nSPS) is 24.3. The van der Waals surface area contributed by atoms with Crippen LogP contribution in [-0.2, 0) is 28.6 Å². The zero-order valence-electron chi connectivity index (χ0n) is 11.7. The van der Waals surface area contributed by atoms with Crippen molar-refractivity contribution in [1.29, 1.82) is 0 Å². The van der Waals surface area contributed by atoms with Gasteiger partial charge in [0, 0.05) is 25.4 Å². The molecule has 2 aliphatic heterocycles. The summed E-state index contributed by atoms with van der Waals surface area (Å²) in [6.07, 6.45) is 0. The Kier molecular flexibility index (Phi) is 4.86. The number of methoxy groups -OCH3 is 1. The van der Waals surface area contributed by atoms with Crippen molar-refractivity contribution in [3.63, 3.8) is 0 Å². The first-order valence-electron chi connectivity index (χ1n) is 6.19. The highest BCUT2D eigenvalue weighted by molar-refractivity contribution is 8.00. The molecule has 1 amide bonds. The van der Waals surface area contributed by atoms with E-state index < -0.39 is 18.0 Å². The van der Waals surface area contributed by atoms with Crippen molar-refractivity contribution in [2.24, 2.45) is 5.73 Å². The summed E-state index contributed by atoms with van der Waals surface area (Å²) in [6.45, 7) is 0.980. The fourth-order valence-corrected chi connectivity index (χ4v) is 3.32. The van der Waals surface area contributed by atoms with E-state index in [1.807, 2.05) is 0 Å². The summed E-state index contributed by atoms with van der Waals surface area (Å²) >= 11 is 1.42. The van der Waals surface area contributed by atoms with Crippen molar-refractivity contribution in [2.75, 3.05) is 26.3 Å². The van der Waals surface area contributed by atoms with Crippen molar-refractivity contribution in [1.82, 2.24) is 4.90 Å². The standard InChI is InChI=1S/C12H16N2O6S/c1-6(15)19-3-7-4-21-11-8(13)10(16)14(11)9(7)12(17)20-5-18-2/h8,11H,3-5,13H2,1-2H3/t8-,11-/m1/s1. The zero-order valence-corrected chi connectivity index (χ0v) is 12.5.